The summed E-state index contributed by atoms with van der Waals surface area (Å²) in [6.07, 6.45) is 4.83. The summed E-state index contributed by atoms with van der Waals surface area (Å²) in [6.45, 7) is 7.13. The molecule has 9 heteroatoms. The van der Waals surface area contributed by atoms with Crippen LogP contribution in [0.25, 0.3) is 0 Å². The molecule has 1 aliphatic carbocycles. The van der Waals surface area contributed by atoms with Crippen LogP contribution in [0.1, 0.15) is 52.9 Å². The molecule has 1 aromatic carbocycles. The Labute approximate surface area is 196 Å². The highest BCUT2D eigenvalue weighted by Gasteiger charge is 2.34. The minimum absolute atomic E-state index is 0.0880. The molecule has 2 aliphatic heterocycles. The fraction of sp³-hybridized carbons (Fsp3) is 0.667. The van der Waals surface area contributed by atoms with Crippen molar-refractivity contribution >= 4 is 27.5 Å². The minimum Gasteiger partial charge on any atom is -0.482 e. The van der Waals surface area contributed by atoms with E-state index in [4.69, 9.17) is 4.74 Å². The predicted molar refractivity (Wildman–Crippen MR) is 126 cm³/mol. The highest BCUT2D eigenvalue weighted by molar-refractivity contribution is 7.89. The van der Waals surface area contributed by atoms with Gasteiger partial charge in [-0.25, -0.2) is 8.42 Å². The normalized spacial score (nSPS) is 27.1. The SMILES string of the molecule is CC1CCN(S(=O)(=O)c2ccc3c(c2)N(CC(=O)NC2CCCC(C)C2C)C(=O)CO3)CC1. The lowest BCUT2D eigenvalue weighted by Gasteiger charge is -2.35. The van der Waals surface area contributed by atoms with Gasteiger partial charge >= 0.3 is 0 Å². The molecular weight excluding hydrogens is 442 g/mol. The molecule has 1 saturated carbocycles. The molecule has 33 heavy (non-hydrogen) atoms. The maximum absolute atomic E-state index is 13.2. The highest BCUT2D eigenvalue weighted by atomic mass is 32.2. The van der Waals surface area contributed by atoms with Crippen LogP contribution in [0, 0.1) is 17.8 Å². The molecule has 1 saturated heterocycles. The van der Waals surface area contributed by atoms with E-state index in [-0.39, 0.29) is 35.9 Å². The second-order valence-electron chi connectivity index (χ2n) is 9.93. The lowest BCUT2D eigenvalue weighted by Crippen LogP contribution is -2.50. The number of benzene rings is 1. The third-order valence-corrected chi connectivity index (χ3v) is 9.50. The Bertz CT molecular complexity index is 1000. The van der Waals surface area contributed by atoms with Gasteiger partial charge < -0.3 is 10.1 Å². The van der Waals surface area contributed by atoms with Crippen LogP contribution >= 0.6 is 0 Å². The Kier molecular flexibility index (Phi) is 7.00. The van der Waals surface area contributed by atoms with Crippen LogP contribution in [0.15, 0.2) is 23.1 Å². The summed E-state index contributed by atoms with van der Waals surface area (Å²) in [7, 11) is -3.69. The fourth-order valence-corrected chi connectivity index (χ4v) is 6.56. The van der Waals surface area contributed by atoms with Gasteiger partial charge in [-0.15, -0.1) is 0 Å². The van der Waals surface area contributed by atoms with Crippen molar-refractivity contribution in [3.63, 3.8) is 0 Å². The highest BCUT2D eigenvalue weighted by Crippen LogP contribution is 2.36. The number of carbonyl (C=O) groups excluding carboxylic acids is 2. The number of anilines is 1. The summed E-state index contributed by atoms with van der Waals surface area (Å²) in [5.74, 6) is 1.24. The number of hydrogen-bond donors (Lipinski definition) is 1. The molecule has 0 spiro atoms. The molecule has 2 heterocycles. The molecule has 3 atom stereocenters. The Hall–Kier alpha value is -2.13. The molecule has 0 bridgehead atoms. The maximum atomic E-state index is 13.2. The summed E-state index contributed by atoms with van der Waals surface area (Å²) < 4.78 is 33.5. The number of fused-ring (bicyclic) bond motifs is 1. The number of carbonyl (C=O) groups is 2. The zero-order valence-electron chi connectivity index (χ0n) is 19.7. The number of nitrogens with zero attached hydrogens (tertiary/aromatic N) is 2. The quantitative estimate of drug-likeness (QED) is 0.704. The van der Waals surface area contributed by atoms with E-state index < -0.39 is 10.0 Å². The van der Waals surface area contributed by atoms with Crippen LogP contribution in [0.5, 0.6) is 5.75 Å². The number of nitrogens with one attached hydrogen (secondary N) is 1. The van der Waals surface area contributed by atoms with E-state index in [0.717, 1.165) is 32.1 Å². The molecule has 1 aromatic rings. The second kappa shape index (κ2) is 9.62. The third kappa shape index (κ3) is 5.04. The van der Waals surface area contributed by atoms with E-state index in [1.807, 2.05) is 0 Å². The van der Waals surface area contributed by atoms with Crippen molar-refractivity contribution in [3.05, 3.63) is 18.2 Å². The summed E-state index contributed by atoms with van der Waals surface area (Å²) in [5.41, 5.74) is 0.331. The molecular formula is C24H35N3O5S. The molecule has 0 aromatic heterocycles. The van der Waals surface area contributed by atoms with Crippen LogP contribution < -0.4 is 15.0 Å². The van der Waals surface area contributed by atoms with Gasteiger partial charge in [0.05, 0.1) is 10.6 Å². The zero-order chi connectivity index (χ0) is 23.8. The number of piperidine rings is 1. The average molecular weight is 478 g/mol. The molecule has 0 radical (unpaired) electrons. The standard InChI is InChI=1S/C24H35N3O5S/c1-16-9-11-26(12-10-16)33(30,31)19-7-8-22-21(13-19)27(24(29)15-32-22)14-23(28)25-20-6-4-5-17(2)18(20)3/h7-8,13,16-18,20H,4-6,9-12,14-15H2,1-3H3,(H,25,28). The van der Waals surface area contributed by atoms with Crippen LogP contribution in [-0.2, 0) is 19.6 Å². The molecule has 2 fully saturated rings. The van der Waals surface area contributed by atoms with Gasteiger partial charge in [0.25, 0.3) is 5.91 Å². The first-order chi connectivity index (χ1) is 15.7. The minimum atomic E-state index is -3.69. The fourth-order valence-electron chi connectivity index (χ4n) is 5.07. The third-order valence-electron chi connectivity index (χ3n) is 7.61. The topological polar surface area (TPSA) is 96.0 Å². The van der Waals surface area contributed by atoms with E-state index in [0.29, 0.717) is 42.3 Å². The summed E-state index contributed by atoms with van der Waals surface area (Å²) >= 11 is 0. The van der Waals surface area contributed by atoms with Gasteiger partial charge in [-0.1, -0.05) is 33.6 Å². The number of ether oxygens (including phenoxy) is 1. The molecule has 182 valence electrons. The molecule has 4 rings (SSSR count). The number of sulfonamides is 1. The predicted octanol–water partition coefficient (Wildman–Crippen LogP) is 2.77. The van der Waals surface area contributed by atoms with Gasteiger partial charge in [0.15, 0.2) is 6.61 Å². The molecule has 2 amide bonds. The van der Waals surface area contributed by atoms with Crippen LogP contribution in [-0.4, -0.2) is 56.8 Å². The summed E-state index contributed by atoms with van der Waals surface area (Å²) in [5, 5.41) is 3.10. The first-order valence-corrected chi connectivity index (χ1v) is 13.5. The van der Waals surface area contributed by atoms with E-state index in [9.17, 15) is 18.0 Å². The first kappa shape index (κ1) is 24.0. The van der Waals surface area contributed by atoms with Crippen molar-refractivity contribution in [1.82, 2.24) is 9.62 Å². The van der Waals surface area contributed by atoms with Crippen molar-refractivity contribution in [3.8, 4) is 5.75 Å². The van der Waals surface area contributed by atoms with E-state index in [1.165, 1.54) is 21.3 Å². The monoisotopic (exact) mass is 477 g/mol. The van der Waals surface area contributed by atoms with Crippen LogP contribution in [0.4, 0.5) is 5.69 Å². The Morgan fingerprint density at radius 3 is 2.58 bits per heavy atom. The second-order valence-corrected chi connectivity index (χ2v) is 11.9. The van der Waals surface area contributed by atoms with Gasteiger partial charge in [0.2, 0.25) is 15.9 Å². The van der Waals surface area contributed by atoms with E-state index in [2.05, 4.69) is 26.1 Å². The molecule has 3 aliphatic rings. The molecule has 8 nitrogen and oxygen atoms in total. The van der Waals surface area contributed by atoms with Gasteiger partial charge in [0, 0.05) is 19.1 Å². The lowest BCUT2D eigenvalue weighted by atomic mass is 9.78. The lowest BCUT2D eigenvalue weighted by molar-refractivity contribution is -0.126. The smallest absolute Gasteiger partial charge is 0.265 e. The molecule has 3 unspecified atom stereocenters. The number of rotatable bonds is 5. The van der Waals surface area contributed by atoms with Gasteiger partial charge in [0.1, 0.15) is 12.3 Å². The zero-order valence-corrected chi connectivity index (χ0v) is 20.6. The largest absolute Gasteiger partial charge is 0.482 e. The van der Waals surface area contributed by atoms with Gasteiger partial charge in [-0.2, -0.15) is 4.31 Å². The van der Waals surface area contributed by atoms with Crippen molar-refractivity contribution < 1.29 is 22.7 Å². The first-order valence-electron chi connectivity index (χ1n) is 12.0. The maximum Gasteiger partial charge on any atom is 0.265 e. The number of hydrogen-bond acceptors (Lipinski definition) is 5. The van der Waals surface area contributed by atoms with Crippen LogP contribution in [0.2, 0.25) is 0 Å². The van der Waals surface area contributed by atoms with Crippen molar-refractivity contribution in [2.75, 3.05) is 31.1 Å². The van der Waals surface area contributed by atoms with Gasteiger partial charge in [-0.05, 0) is 55.2 Å². The van der Waals surface area contributed by atoms with E-state index >= 15 is 0 Å². The average Bonchev–Trinajstić information content (AvgIpc) is 2.79. The number of amides is 2. The van der Waals surface area contributed by atoms with Crippen molar-refractivity contribution in [2.24, 2.45) is 17.8 Å². The molecule has 1 N–H and O–H groups in total. The van der Waals surface area contributed by atoms with E-state index in [1.54, 1.807) is 6.07 Å². The van der Waals surface area contributed by atoms with Gasteiger partial charge in [-0.3, -0.25) is 14.5 Å². The van der Waals surface area contributed by atoms with Crippen molar-refractivity contribution in [1.29, 1.82) is 0 Å². The Morgan fingerprint density at radius 2 is 1.85 bits per heavy atom. The Balaban J connectivity index is 1.53. The van der Waals surface area contributed by atoms with Crippen molar-refractivity contribution in [2.45, 2.75) is 63.8 Å². The van der Waals surface area contributed by atoms with Crippen LogP contribution in [0.3, 0.4) is 0 Å². The summed E-state index contributed by atoms with van der Waals surface area (Å²) in [6, 6.07) is 4.66. The Morgan fingerprint density at radius 1 is 1.12 bits per heavy atom. The summed E-state index contributed by atoms with van der Waals surface area (Å²) in [4.78, 5) is 27.0.